The SMILES string of the molecule is CCN1CCOC(CNc2ccc(F)c(C)c2)C1. The third-order valence-electron chi connectivity index (χ3n) is 3.36. The number of hydrogen-bond acceptors (Lipinski definition) is 3. The number of aryl methyl sites for hydroxylation is 1. The third-order valence-corrected chi connectivity index (χ3v) is 3.36. The number of morpholine rings is 1. The van der Waals surface area contributed by atoms with Crippen LogP contribution in [-0.2, 0) is 4.74 Å². The summed E-state index contributed by atoms with van der Waals surface area (Å²) in [5.41, 5.74) is 1.62. The molecule has 0 aliphatic carbocycles. The van der Waals surface area contributed by atoms with Crippen molar-refractivity contribution in [3.8, 4) is 0 Å². The number of ether oxygens (including phenoxy) is 1. The van der Waals surface area contributed by atoms with Gasteiger partial charge in [-0.15, -0.1) is 0 Å². The molecule has 0 saturated carbocycles. The van der Waals surface area contributed by atoms with Crippen molar-refractivity contribution in [2.45, 2.75) is 20.0 Å². The van der Waals surface area contributed by atoms with Gasteiger partial charge in [0, 0.05) is 25.3 Å². The summed E-state index contributed by atoms with van der Waals surface area (Å²) in [5.74, 6) is -0.161. The molecular formula is C14H21FN2O. The lowest BCUT2D eigenvalue weighted by molar-refractivity contribution is -0.0191. The van der Waals surface area contributed by atoms with E-state index < -0.39 is 0 Å². The first kappa shape index (κ1) is 13.3. The zero-order chi connectivity index (χ0) is 13.0. The summed E-state index contributed by atoms with van der Waals surface area (Å²) in [6.45, 7) is 8.54. The van der Waals surface area contributed by atoms with Crippen LogP contribution >= 0.6 is 0 Å². The van der Waals surface area contributed by atoms with Crippen molar-refractivity contribution in [3.63, 3.8) is 0 Å². The molecule has 1 saturated heterocycles. The van der Waals surface area contributed by atoms with Crippen molar-refractivity contribution in [1.82, 2.24) is 4.90 Å². The Balaban J connectivity index is 1.85. The number of nitrogens with zero attached hydrogens (tertiary/aromatic N) is 1. The van der Waals surface area contributed by atoms with Gasteiger partial charge < -0.3 is 10.1 Å². The third kappa shape index (κ3) is 3.43. The van der Waals surface area contributed by atoms with Gasteiger partial charge in [0.25, 0.3) is 0 Å². The molecule has 0 bridgehead atoms. The van der Waals surface area contributed by atoms with Gasteiger partial charge in [-0.05, 0) is 37.2 Å². The molecule has 1 aliphatic rings. The quantitative estimate of drug-likeness (QED) is 0.889. The molecule has 1 aromatic carbocycles. The van der Waals surface area contributed by atoms with Crippen molar-refractivity contribution in [2.24, 2.45) is 0 Å². The summed E-state index contributed by atoms with van der Waals surface area (Å²) in [6, 6.07) is 5.09. The minimum absolute atomic E-state index is 0.161. The summed E-state index contributed by atoms with van der Waals surface area (Å²) < 4.78 is 18.8. The molecule has 0 aromatic heterocycles. The lowest BCUT2D eigenvalue weighted by Gasteiger charge is -2.32. The molecule has 100 valence electrons. The van der Waals surface area contributed by atoms with Gasteiger partial charge in [0.15, 0.2) is 0 Å². The Morgan fingerprint density at radius 3 is 3.06 bits per heavy atom. The van der Waals surface area contributed by atoms with E-state index in [1.807, 2.05) is 6.07 Å². The van der Waals surface area contributed by atoms with Crippen LogP contribution in [0.2, 0.25) is 0 Å². The normalized spacial score (nSPS) is 20.9. The molecule has 1 N–H and O–H groups in total. The topological polar surface area (TPSA) is 24.5 Å². The maximum Gasteiger partial charge on any atom is 0.126 e. The van der Waals surface area contributed by atoms with E-state index in [9.17, 15) is 4.39 Å². The van der Waals surface area contributed by atoms with Crippen molar-refractivity contribution in [2.75, 3.05) is 38.1 Å². The molecular weight excluding hydrogens is 231 g/mol. The number of nitrogens with one attached hydrogen (secondary N) is 1. The fourth-order valence-electron chi connectivity index (χ4n) is 2.18. The maximum absolute atomic E-state index is 13.1. The van der Waals surface area contributed by atoms with Gasteiger partial charge >= 0.3 is 0 Å². The Labute approximate surface area is 108 Å². The van der Waals surface area contributed by atoms with Crippen LogP contribution in [0.4, 0.5) is 10.1 Å². The molecule has 18 heavy (non-hydrogen) atoms. The number of likely N-dealkylation sites (N-methyl/N-ethyl adjacent to an activating group) is 1. The second-order valence-corrected chi connectivity index (χ2v) is 4.73. The first-order valence-electron chi connectivity index (χ1n) is 6.53. The lowest BCUT2D eigenvalue weighted by atomic mass is 10.2. The summed E-state index contributed by atoms with van der Waals surface area (Å²) in [5, 5.41) is 3.31. The fraction of sp³-hybridized carbons (Fsp3) is 0.571. The monoisotopic (exact) mass is 252 g/mol. The Morgan fingerprint density at radius 2 is 2.33 bits per heavy atom. The smallest absolute Gasteiger partial charge is 0.126 e. The van der Waals surface area contributed by atoms with Crippen LogP contribution in [0, 0.1) is 12.7 Å². The number of benzene rings is 1. The molecule has 4 heteroatoms. The Hall–Kier alpha value is -1.13. The molecule has 0 radical (unpaired) electrons. The molecule has 0 amide bonds. The number of rotatable bonds is 4. The van der Waals surface area contributed by atoms with E-state index >= 15 is 0 Å². The highest BCUT2D eigenvalue weighted by Gasteiger charge is 2.18. The summed E-state index contributed by atoms with van der Waals surface area (Å²) in [4.78, 5) is 2.38. The van der Waals surface area contributed by atoms with Gasteiger partial charge in [-0.3, -0.25) is 4.90 Å². The molecule has 1 atom stereocenters. The minimum atomic E-state index is -0.161. The van der Waals surface area contributed by atoms with Crippen LogP contribution in [0.1, 0.15) is 12.5 Å². The van der Waals surface area contributed by atoms with Crippen molar-refractivity contribution in [1.29, 1.82) is 0 Å². The van der Waals surface area contributed by atoms with Gasteiger partial charge in [0.1, 0.15) is 5.82 Å². The van der Waals surface area contributed by atoms with E-state index in [0.717, 1.165) is 38.5 Å². The lowest BCUT2D eigenvalue weighted by Crippen LogP contribution is -2.45. The summed E-state index contributed by atoms with van der Waals surface area (Å²) >= 11 is 0. The van der Waals surface area contributed by atoms with E-state index in [1.54, 1.807) is 13.0 Å². The largest absolute Gasteiger partial charge is 0.382 e. The van der Waals surface area contributed by atoms with E-state index in [4.69, 9.17) is 4.74 Å². The summed E-state index contributed by atoms with van der Waals surface area (Å²) in [7, 11) is 0. The molecule has 1 aromatic rings. The highest BCUT2D eigenvalue weighted by Crippen LogP contribution is 2.14. The number of anilines is 1. The Morgan fingerprint density at radius 1 is 1.50 bits per heavy atom. The molecule has 2 rings (SSSR count). The van der Waals surface area contributed by atoms with Crippen LogP contribution in [-0.4, -0.2) is 43.8 Å². The Kier molecular flexibility index (Phi) is 4.55. The van der Waals surface area contributed by atoms with E-state index in [2.05, 4.69) is 17.1 Å². The molecule has 1 aliphatic heterocycles. The van der Waals surface area contributed by atoms with Crippen molar-refractivity contribution < 1.29 is 9.13 Å². The van der Waals surface area contributed by atoms with E-state index in [0.29, 0.717) is 5.56 Å². The summed E-state index contributed by atoms with van der Waals surface area (Å²) in [6.07, 6.45) is 0.212. The molecule has 1 fully saturated rings. The second-order valence-electron chi connectivity index (χ2n) is 4.73. The Bertz CT molecular complexity index is 397. The van der Waals surface area contributed by atoms with Crippen LogP contribution < -0.4 is 5.32 Å². The highest BCUT2D eigenvalue weighted by atomic mass is 19.1. The van der Waals surface area contributed by atoms with Crippen LogP contribution in [0.25, 0.3) is 0 Å². The first-order chi connectivity index (χ1) is 8.69. The minimum Gasteiger partial charge on any atom is -0.382 e. The van der Waals surface area contributed by atoms with Gasteiger partial charge in [-0.25, -0.2) is 4.39 Å². The second kappa shape index (κ2) is 6.16. The van der Waals surface area contributed by atoms with Gasteiger partial charge in [-0.1, -0.05) is 6.92 Å². The zero-order valence-corrected chi connectivity index (χ0v) is 11.1. The predicted molar refractivity (Wildman–Crippen MR) is 71.5 cm³/mol. The first-order valence-corrected chi connectivity index (χ1v) is 6.53. The molecule has 3 nitrogen and oxygen atoms in total. The maximum atomic E-state index is 13.1. The standard InChI is InChI=1S/C14H21FN2O/c1-3-17-6-7-18-13(10-17)9-16-12-4-5-14(15)11(2)8-12/h4-5,8,13,16H,3,6-7,9-10H2,1-2H3. The average Bonchev–Trinajstić information content (AvgIpc) is 2.40. The molecule has 1 heterocycles. The van der Waals surface area contributed by atoms with E-state index in [1.165, 1.54) is 6.07 Å². The number of halogens is 1. The zero-order valence-electron chi connectivity index (χ0n) is 11.1. The molecule has 0 spiro atoms. The van der Waals surface area contributed by atoms with Crippen LogP contribution in [0.3, 0.4) is 0 Å². The molecule has 1 unspecified atom stereocenters. The van der Waals surface area contributed by atoms with Gasteiger partial charge in [-0.2, -0.15) is 0 Å². The van der Waals surface area contributed by atoms with Crippen LogP contribution in [0.15, 0.2) is 18.2 Å². The predicted octanol–water partition coefficient (Wildman–Crippen LogP) is 2.27. The van der Waals surface area contributed by atoms with Crippen LogP contribution in [0.5, 0.6) is 0 Å². The van der Waals surface area contributed by atoms with E-state index in [-0.39, 0.29) is 11.9 Å². The van der Waals surface area contributed by atoms with Crippen molar-refractivity contribution in [3.05, 3.63) is 29.6 Å². The van der Waals surface area contributed by atoms with Crippen molar-refractivity contribution >= 4 is 5.69 Å². The van der Waals surface area contributed by atoms with Gasteiger partial charge in [0.05, 0.1) is 12.7 Å². The fourth-order valence-corrected chi connectivity index (χ4v) is 2.18. The highest BCUT2D eigenvalue weighted by molar-refractivity contribution is 5.46. The van der Waals surface area contributed by atoms with Gasteiger partial charge in [0.2, 0.25) is 0 Å². The average molecular weight is 252 g/mol. The number of hydrogen-bond donors (Lipinski definition) is 1.